The van der Waals surface area contributed by atoms with Gasteiger partial charge < -0.3 is 5.32 Å². The van der Waals surface area contributed by atoms with E-state index in [1.54, 1.807) is 18.5 Å². The van der Waals surface area contributed by atoms with Gasteiger partial charge in [0.1, 0.15) is 5.52 Å². The van der Waals surface area contributed by atoms with Gasteiger partial charge in [-0.05, 0) is 49.8 Å². The molecule has 1 aliphatic carbocycles. The topological polar surface area (TPSA) is 54.9 Å². The first-order valence-electron chi connectivity index (χ1n) is 7.24. The lowest BCUT2D eigenvalue weighted by atomic mass is 9.87. The first-order chi connectivity index (χ1) is 9.74. The Balaban J connectivity index is 1.79. The molecule has 4 nitrogen and oxygen atoms in total. The first kappa shape index (κ1) is 13.0. The highest BCUT2D eigenvalue weighted by atomic mass is 16.1. The molecular formula is C16H19N3O. The standard InChI is InChI=1S/C16H19N3O/c1-11-4-6-12(7-5-11)19-16(20)13-8-10-17-14-3-2-9-18-15(13)14/h2-3,8-12H,4-7H2,1H3,(H,19,20). The maximum Gasteiger partial charge on any atom is 0.253 e. The number of fused-ring (bicyclic) bond motifs is 1. The molecule has 104 valence electrons. The van der Waals surface area contributed by atoms with Crippen LogP contribution in [0.25, 0.3) is 11.0 Å². The molecule has 0 bridgehead atoms. The quantitative estimate of drug-likeness (QED) is 0.912. The molecule has 0 saturated heterocycles. The maximum absolute atomic E-state index is 12.4. The van der Waals surface area contributed by atoms with Gasteiger partial charge in [-0.15, -0.1) is 0 Å². The number of rotatable bonds is 2. The third kappa shape index (κ3) is 2.64. The average molecular weight is 269 g/mol. The minimum Gasteiger partial charge on any atom is -0.349 e. The zero-order valence-corrected chi connectivity index (χ0v) is 11.7. The lowest BCUT2D eigenvalue weighted by Crippen LogP contribution is -2.37. The Morgan fingerprint density at radius 3 is 2.75 bits per heavy atom. The van der Waals surface area contributed by atoms with Crippen LogP contribution in [0.15, 0.2) is 30.6 Å². The van der Waals surface area contributed by atoms with Crippen molar-refractivity contribution in [2.24, 2.45) is 5.92 Å². The summed E-state index contributed by atoms with van der Waals surface area (Å²) in [6.45, 7) is 2.28. The Labute approximate surface area is 118 Å². The van der Waals surface area contributed by atoms with Crippen molar-refractivity contribution in [3.05, 3.63) is 36.2 Å². The molecular weight excluding hydrogens is 250 g/mol. The molecule has 0 unspecified atom stereocenters. The largest absolute Gasteiger partial charge is 0.349 e. The van der Waals surface area contributed by atoms with E-state index in [0.717, 1.165) is 24.3 Å². The summed E-state index contributed by atoms with van der Waals surface area (Å²) in [6, 6.07) is 5.75. The molecule has 0 aliphatic heterocycles. The molecule has 1 saturated carbocycles. The van der Waals surface area contributed by atoms with Crippen LogP contribution in [-0.4, -0.2) is 21.9 Å². The molecule has 0 atom stereocenters. The van der Waals surface area contributed by atoms with Crippen molar-refractivity contribution in [2.75, 3.05) is 0 Å². The number of carbonyl (C=O) groups excluding carboxylic acids is 1. The Hall–Kier alpha value is -1.97. The summed E-state index contributed by atoms with van der Waals surface area (Å²) < 4.78 is 0. The molecule has 2 heterocycles. The highest BCUT2D eigenvalue weighted by molar-refractivity contribution is 6.04. The van der Waals surface area contributed by atoms with Gasteiger partial charge in [-0.25, -0.2) is 0 Å². The van der Waals surface area contributed by atoms with E-state index in [1.165, 1.54) is 12.8 Å². The molecule has 1 fully saturated rings. The number of amides is 1. The van der Waals surface area contributed by atoms with Crippen molar-refractivity contribution in [3.8, 4) is 0 Å². The molecule has 1 amide bonds. The number of aromatic nitrogens is 2. The fourth-order valence-electron chi connectivity index (χ4n) is 2.83. The second-order valence-corrected chi connectivity index (χ2v) is 5.66. The maximum atomic E-state index is 12.4. The minimum atomic E-state index is -0.0318. The van der Waals surface area contributed by atoms with E-state index in [0.29, 0.717) is 17.1 Å². The summed E-state index contributed by atoms with van der Waals surface area (Å²) in [6.07, 6.45) is 7.90. The second-order valence-electron chi connectivity index (χ2n) is 5.66. The summed E-state index contributed by atoms with van der Waals surface area (Å²) in [4.78, 5) is 21.0. The molecule has 2 aromatic heterocycles. The summed E-state index contributed by atoms with van der Waals surface area (Å²) in [5, 5.41) is 3.14. The minimum absolute atomic E-state index is 0.0318. The van der Waals surface area contributed by atoms with Crippen LogP contribution in [0.1, 0.15) is 43.0 Å². The van der Waals surface area contributed by atoms with Crippen molar-refractivity contribution in [1.82, 2.24) is 15.3 Å². The second kappa shape index (κ2) is 5.57. The normalized spacial score (nSPS) is 22.6. The highest BCUT2D eigenvalue weighted by Gasteiger charge is 2.21. The van der Waals surface area contributed by atoms with Gasteiger partial charge in [-0.1, -0.05) is 6.92 Å². The third-order valence-electron chi connectivity index (χ3n) is 4.09. The van der Waals surface area contributed by atoms with Crippen LogP contribution in [-0.2, 0) is 0 Å². The van der Waals surface area contributed by atoms with Gasteiger partial charge in [0.05, 0.1) is 11.1 Å². The van der Waals surface area contributed by atoms with Crippen LogP contribution in [0.2, 0.25) is 0 Å². The SMILES string of the molecule is CC1CCC(NC(=O)c2ccnc3cccnc23)CC1. The van der Waals surface area contributed by atoms with Crippen molar-refractivity contribution < 1.29 is 4.79 Å². The highest BCUT2D eigenvalue weighted by Crippen LogP contribution is 2.24. The van der Waals surface area contributed by atoms with E-state index in [-0.39, 0.29) is 5.91 Å². The van der Waals surface area contributed by atoms with E-state index < -0.39 is 0 Å². The number of hydrogen-bond donors (Lipinski definition) is 1. The molecule has 1 N–H and O–H groups in total. The van der Waals surface area contributed by atoms with Crippen LogP contribution in [0, 0.1) is 5.92 Å². The Morgan fingerprint density at radius 2 is 1.95 bits per heavy atom. The Bertz CT molecular complexity index is 613. The summed E-state index contributed by atoms with van der Waals surface area (Å²) >= 11 is 0. The number of hydrogen-bond acceptors (Lipinski definition) is 3. The first-order valence-corrected chi connectivity index (χ1v) is 7.24. The Kier molecular flexibility index (Phi) is 3.63. The molecule has 4 heteroatoms. The number of carbonyl (C=O) groups is 1. The van der Waals surface area contributed by atoms with Gasteiger partial charge in [0.2, 0.25) is 0 Å². The van der Waals surface area contributed by atoms with Crippen molar-refractivity contribution in [3.63, 3.8) is 0 Å². The lowest BCUT2D eigenvalue weighted by Gasteiger charge is -2.26. The molecule has 0 spiro atoms. The predicted molar refractivity (Wildman–Crippen MR) is 78.4 cm³/mol. The Morgan fingerprint density at radius 1 is 1.15 bits per heavy atom. The zero-order valence-electron chi connectivity index (χ0n) is 11.7. The third-order valence-corrected chi connectivity index (χ3v) is 4.09. The van der Waals surface area contributed by atoms with Gasteiger partial charge in [-0.3, -0.25) is 14.8 Å². The average Bonchev–Trinajstić information content (AvgIpc) is 2.49. The van der Waals surface area contributed by atoms with Crippen LogP contribution >= 0.6 is 0 Å². The number of nitrogens with zero attached hydrogens (tertiary/aromatic N) is 2. The van der Waals surface area contributed by atoms with Crippen LogP contribution in [0.3, 0.4) is 0 Å². The molecule has 0 radical (unpaired) electrons. The van der Waals surface area contributed by atoms with Gasteiger partial charge in [0.15, 0.2) is 0 Å². The fourth-order valence-corrected chi connectivity index (χ4v) is 2.83. The smallest absolute Gasteiger partial charge is 0.253 e. The fraction of sp³-hybridized carbons (Fsp3) is 0.438. The van der Waals surface area contributed by atoms with Crippen molar-refractivity contribution >= 4 is 16.9 Å². The van der Waals surface area contributed by atoms with Crippen molar-refractivity contribution in [2.45, 2.75) is 38.6 Å². The van der Waals surface area contributed by atoms with Gasteiger partial charge in [-0.2, -0.15) is 0 Å². The number of pyridine rings is 2. The van der Waals surface area contributed by atoms with E-state index >= 15 is 0 Å². The molecule has 20 heavy (non-hydrogen) atoms. The van der Waals surface area contributed by atoms with E-state index in [2.05, 4.69) is 22.2 Å². The summed E-state index contributed by atoms with van der Waals surface area (Å²) in [7, 11) is 0. The lowest BCUT2D eigenvalue weighted by molar-refractivity contribution is 0.0924. The number of nitrogens with one attached hydrogen (secondary N) is 1. The van der Waals surface area contributed by atoms with E-state index in [9.17, 15) is 4.79 Å². The summed E-state index contributed by atoms with van der Waals surface area (Å²) in [5.41, 5.74) is 2.06. The van der Waals surface area contributed by atoms with Crippen LogP contribution in [0.4, 0.5) is 0 Å². The van der Waals surface area contributed by atoms with Gasteiger partial charge >= 0.3 is 0 Å². The summed E-state index contributed by atoms with van der Waals surface area (Å²) in [5.74, 6) is 0.752. The van der Waals surface area contributed by atoms with Gasteiger partial charge in [0.25, 0.3) is 5.91 Å². The predicted octanol–water partition coefficient (Wildman–Crippen LogP) is 2.94. The molecule has 2 aromatic rings. The van der Waals surface area contributed by atoms with E-state index in [4.69, 9.17) is 0 Å². The molecule has 1 aliphatic rings. The molecule has 0 aromatic carbocycles. The van der Waals surface area contributed by atoms with Crippen molar-refractivity contribution in [1.29, 1.82) is 0 Å². The van der Waals surface area contributed by atoms with Crippen LogP contribution in [0.5, 0.6) is 0 Å². The zero-order chi connectivity index (χ0) is 13.9. The molecule has 3 rings (SSSR count). The van der Waals surface area contributed by atoms with Gasteiger partial charge in [0, 0.05) is 18.4 Å². The van der Waals surface area contributed by atoms with Crippen LogP contribution < -0.4 is 5.32 Å². The van der Waals surface area contributed by atoms with E-state index in [1.807, 2.05) is 12.1 Å². The monoisotopic (exact) mass is 269 g/mol.